The van der Waals surface area contributed by atoms with Gasteiger partial charge >= 0.3 is 0 Å². The molecule has 1 rings (SSSR count). The van der Waals surface area contributed by atoms with Crippen LogP contribution in [0.3, 0.4) is 0 Å². The maximum absolute atomic E-state index is 10.2. The van der Waals surface area contributed by atoms with E-state index in [-0.39, 0.29) is 17.4 Å². The van der Waals surface area contributed by atoms with Crippen LogP contribution in [0.2, 0.25) is 0 Å². The predicted octanol–water partition coefficient (Wildman–Crippen LogP) is 0.397. The van der Waals surface area contributed by atoms with Gasteiger partial charge in [-0.15, -0.1) is 10.0 Å². The van der Waals surface area contributed by atoms with Crippen LogP contribution in [0.4, 0.5) is 5.69 Å². The Hall–Kier alpha value is -2.44. The molecule has 0 unspecified atom stereocenters. The van der Waals surface area contributed by atoms with Gasteiger partial charge in [0.25, 0.3) is 0 Å². The standard InChI is InChI=1S/C8H9N5O2/c9-8(10)12-11-4-5-1-6(13-15)3-7(14)2-5/h1-4,14H,(H4,9,10,12). The van der Waals surface area contributed by atoms with Crippen LogP contribution in [-0.2, 0) is 0 Å². The van der Waals surface area contributed by atoms with Crippen LogP contribution in [0.15, 0.2) is 33.6 Å². The van der Waals surface area contributed by atoms with Gasteiger partial charge in [-0.3, -0.25) is 0 Å². The first-order valence-corrected chi connectivity index (χ1v) is 3.91. The summed E-state index contributed by atoms with van der Waals surface area (Å²) >= 11 is 0. The molecule has 0 bridgehead atoms. The molecule has 7 nitrogen and oxygen atoms in total. The van der Waals surface area contributed by atoms with E-state index in [2.05, 4.69) is 15.4 Å². The molecule has 78 valence electrons. The molecule has 0 aliphatic carbocycles. The smallest absolute Gasteiger partial charge is 0.211 e. The molecular formula is C8H9N5O2. The van der Waals surface area contributed by atoms with Crippen LogP contribution in [0.1, 0.15) is 5.56 Å². The molecule has 7 heteroatoms. The summed E-state index contributed by atoms with van der Waals surface area (Å²) < 4.78 is 0. The van der Waals surface area contributed by atoms with Gasteiger partial charge in [0.15, 0.2) is 0 Å². The molecule has 0 saturated carbocycles. The van der Waals surface area contributed by atoms with E-state index in [1.165, 1.54) is 24.4 Å². The van der Waals surface area contributed by atoms with Crippen LogP contribution in [-0.4, -0.2) is 17.3 Å². The van der Waals surface area contributed by atoms with Crippen molar-refractivity contribution >= 4 is 17.9 Å². The summed E-state index contributed by atoms with van der Waals surface area (Å²) in [6.45, 7) is 0. The van der Waals surface area contributed by atoms with Crippen molar-refractivity contribution in [2.24, 2.45) is 26.8 Å². The molecule has 0 heterocycles. The largest absolute Gasteiger partial charge is 0.508 e. The van der Waals surface area contributed by atoms with Crippen molar-refractivity contribution in [2.45, 2.75) is 0 Å². The highest BCUT2D eigenvalue weighted by Crippen LogP contribution is 2.20. The molecule has 0 atom stereocenters. The van der Waals surface area contributed by atoms with Gasteiger partial charge in [0.2, 0.25) is 5.96 Å². The minimum atomic E-state index is -0.180. The van der Waals surface area contributed by atoms with Gasteiger partial charge in [0.05, 0.1) is 6.21 Å². The number of phenolic OH excluding ortho intramolecular Hbond substituents is 1. The van der Waals surface area contributed by atoms with E-state index in [1.807, 2.05) is 0 Å². The number of nitrogens with two attached hydrogens (primary N) is 2. The molecule has 0 fully saturated rings. The van der Waals surface area contributed by atoms with Crippen molar-refractivity contribution in [2.75, 3.05) is 0 Å². The Kier molecular flexibility index (Phi) is 3.33. The fourth-order valence-corrected chi connectivity index (χ4v) is 0.907. The number of benzene rings is 1. The summed E-state index contributed by atoms with van der Waals surface area (Å²) in [5.41, 5.74) is 10.6. The maximum Gasteiger partial charge on any atom is 0.211 e. The van der Waals surface area contributed by atoms with Crippen molar-refractivity contribution in [1.82, 2.24) is 0 Å². The number of nitrogens with zero attached hydrogens (tertiary/aromatic N) is 3. The lowest BCUT2D eigenvalue weighted by Crippen LogP contribution is -2.21. The first-order chi connectivity index (χ1) is 7.11. The van der Waals surface area contributed by atoms with E-state index < -0.39 is 0 Å². The number of hydrogen-bond donors (Lipinski definition) is 3. The topological polar surface area (TPSA) is 126 Å². The Balaban J connectivity index is 2.95. The maximum atomic E-state index is 10.2. The highest BCUT2D eigenvalue weighted by molar-refractivity contribution is 5.83. The van der Waals surface area contributed by atoms with E-state index in [9.17, 15) is 10.0 Å². The molecule has 0 aliphatic rings. The summed E-state index contributed by atoms with van der Waals surface area (Å²) in [5, 5.41) is 18.7. The summed E-state index contributed by atoms with van der Waals surface area (Å²) in [5.74, 6) is -0.265. The SMILES string of the molecule is NC(N)=NN=Cc1cc(O)cc(N=O)c1. The van der Waals surface area contributed by atoms with Crippen LogP contribution in [0.25, 0.3) is 0 Å². The Morgan fingerprint density at radius 3 is 2.67 bits per heavy atom. The van der Waals surface area contributed by atoms with Crippen LogP contribution < -0.4 is 11.5 Å². The van der Waals surface area contributed by atoms with Gasteiger partial charge in [0, 0.05) is 11.6 Å². The summed E-state index contributed by atoms with van der Waals surface area (Å²) in [6, 6.07) is 4.05. The van der Waals surface area contributed by atoms with Crippen LogP contribution in [0.5, 0.6) is 5.75 Å². The number of nitroso groups, excluding NO2 is 1. The van der Waals surface area contributed by atoms with Crippen molar-refractivity contribution in [3.05, 3.63) is 28.7 Å². The second-order valence-electron chi connectivity index (χ2n) is 2.64. The third-order valence-electron chi connectivity index (χ3n) is 1.41. The Bertz CT molecular complexity index is 423. The normalized spacial score (nSPS) is 10.1. The second-order valence-corrected chi connectivity index (χ2v) is 2.64. The molecule has 0 saturated heterocycles. The van der Waals surface area contributed by atoms with E-state index in [0.29, 0.717) is 5.56 Å². The molecule has 1 aromatic rings. The highest BCUT2D eigenvalue weighted by Gasteiger charge is 1.97. The molecule has 15 heavy (non-hydrogen) atoms. The van der Waals surface area contributed by atoms with Gasteiger partial charge in [-0.25, -0.2) is 0 Å². The Morgan fingerprint density at radius 1 is 1.33 bits per heavy atom. The lowest BCUT2D eigenvalue weighted by atomic mass is 10.2. The molecule has 0 aromatic heterocycles. The van der Waals surface area contributed by atoms with Crippen molar-refractivity contribution in [1.29, 1.82) is 0 Å². The minimum absolute atomic E-state index is 0.0850. The molecule has 5 N–H and O–H groups in total. The zero-order chi connectivity index (χ0) is 11.3. The quantitative estimate of drug-likeness (QED) is 0.287. The van der Waals surface area contributed by atoms with Crippen molar-refractivity contribution in [3.8, 4) is 5.75 Å². The Morgan fingerprint density at radius 2 is 2.07 bits per heavy atom. The van der Waals surface area contributed by atoms with Gasteiger partial charge < -0.3 is 16.6 Å². The molecule has 1 aromatic carbocycles. The average molecular weight is 207 g/mol. The van der Waals surface area contributed by atoms with E-state index >= 15 is 0 Å². The van der Waals surface area contributed by atoms with Gasteiger partial charge in [-0.05, 0) is 17.3 Å². The number of phenols is 1. The number of hydrogen-bond acceptors (Lipinski definition) is 5. The predicted molar refractivity (Wildman–Crippen MR) is 57.0 cm³/mol. The van der Waals surface area contributed by atoms with Crippen LogP contribution in [0, 0.1) is 4.91 Å². The molecular weight excluding hydrogens is 198 g/mol. The number of guanidine groups is 1. The fourth-order valence-electron chi connectivity index (χ4n) is 0.907. The summed E-state index contributed by atoms with van der Waals surface area (Å²) in [4.78, 5) is 10.2. The lowest BCUT2D eigenvalue weighted by Gasteiger charge is -1.95. The molecule has 0 aliphatic heterocycles. The monoisotopic (exact) mass is 207 g/mol. The van der Waals surface area contributed by atoms with E-state index in [1.54, 1.807) is 0 Å². The minimum Gasteiger partial charge on any atom is -0.508 e. The van der Waals surface area contributed by atoms with Gasteiger partial charge in [-0.2, -0.15) is 5.10 Å². The third kappa shape index (κ3) is 3.43. The second kappa shape index (κ2) is 4.70. The van der Waals surface area contributed by atoms with Gasteiger partial charge in [-0.1, -0.05) is 0 Å². The van der Waals surface area contributed by atoms with Crippen LogP contribution >= 0.6 is 0 Å². The summed E-state index contributed by atoms with van der Waals surface area (Å²) in [6.07, 6.45) is 1.29. The van der Waals surface area contributed by atoms with E-state index in [0.717, 1.165) is 0 Å². The van der Waals surface area contributed by atoms with Crippen molar-refractivity contribution in [3.63, 3.8) is 0 Å². The molecule has 0 spiro atoms. The first kappa shape index (κ1) is 10.6. The highest BCUT2D eigenvalue weighted by atomic mass is 16.3. The van der Waals surface area contributed by atoms with Gasteiger partial charge in [0.1, 0.15) is 11.4 Å². The first-order valence-electron chi connectivity index (χ1n) is 3.91. The summed E-state index contributed by atoms with van der Waals surface area (Å²) in [7, 11) is 0. The number of aromatic hydroxyl groups is 1. The third-order valence-corrected chi connectivity index (χ3v) is 1.41. The lowest BCUT2D eigenvalue weighted by molar-refractivity contribution is 0.475. The molecule has 0 radical (unpaired) electrons. The molecule has 0 amide bonds. The van der Waals surface area contributed by atoms with E-state index in [4.69, 9.17) is 11.5 Å². The fraction of sp³-hybridized carbons (Fsp3) is 0. The zero-order valence-corrected chi connectivity index (χ0v) is 7.66. The average Bonchev–Trinajstić information content (AvgIpc) is 2.16. The Labute approximate surface area is 85.1 Å². The van der Waals surface area contributed by atoms with Crippen molar-refractivity contribution < 1.29 is 5.11 Å². The zero-order valence-electron chi connectivity index (χ0n) is 7.66. The number of rotatable bonds is 3.